The van der Waals surface area contributed by atoms with Crippen LogP contribution < -0.4 is 9.64 Å². The van der Waals surface area contributed by atoms with Crippen molar-refractivity contribution in [2.24, 2.45) is 0 Å². The third kappa shape index (κ3) is 6.74. The molecule has 0 unspecified atom stereocenters. The molecule has 2 aromatic rings. The summed E-state index contributed by atoms with van der Waals surface area (Å²) in [5.74, 6) is -0.679. The van der Waals surface area contributed by atoms with Crippen molar-refractivity contribution in [3.63, 3.8) is 0 Å². The van der Waals surface area contributed by atoms with Gasteiger partial charge in [0.15, 0.2) is 19.0 Å². The summed E-state index contributed by atoms with van der Waals surface area (Å²) in [7, 11) is 0. The first-order valence-electron chi connectivity index (χ1n) is 9.60. The number of anilines is 1. The fourth-order valence-electron chi connectivity index (χ4n) is 2.63. The van der Waals surface area contributed by atoms with E-state index in [0.29, 0.717) is 23.4 Å². The number of hydrogen-bond acceptors (Lipinski definition) is 6. The van der Waals surface area contributed by atoms with Crippen LogP contribution in [0.3, 0.4) is 0 Å². The second-order valence-corrected chi connectivity index (χ2v) is 6.54. The van der Waals surface area contributed by atoms with Gasteiger partial charge in [-0.25, -0.2) is 4.79 Å². The zero-order valence-corrected chi connectivity index (χ0v) is 17.1. The third-order valence-electron chi connectivity index (χ3n) is 4.30. The molecule has 7 nitrogen and oxygen atoms in total. The molecule has 0 aliphatic carbocycles. The number of aryl methyl sites for hydroxylation is 1. The van der Waals surface area contributed by atoms with Gasteiger partial charge in [0.25, 0.3) is 5.91 Å². The van der Waals surface area contributed by atoms with Gasteiger partial charge in [-0.1, -0.05) is 24.6 Å². The molecule has 7 heteroatoms. The van der Waals surface area contributed by atoms with E-state index in [1.54, 1.807) is 43.3 Å². The smallest absolute Gasteiger partial charge is 0.344 e. The minimum atomic E-state index is -0.693. The minimum absolute atomic E-state index is 0.0222. The van der Waals surface area contributed by atoms with Crippen LogP contribution in [-0.4, -0.2) is 37.4 Å². The average Bonchev–Trinajstić information content (AvgIpc) is 2.77. The van der Waals surface area contributed by atoms with Gasteiger partial charge in [-0.15, -0.1) is 0 Å². The number of amides is 1. The highest BCUT2D eigenvalue weighted by atomic mass is 16.6. The molecule has 0 spiro atoms. The summed E-state index contributed by atoms with van der Waals surface area (Å²) in [6.07, 6.45) is 0.571. The molecule has 1 amide bonds. The first kappa shape index (κ1) is 22.6. The molecule has 0 radical (unpaired) electrons. The van der Waals surface area contributed by atoms with Gasteiger partial charge in [0.1, 0.15) is 5.75 Å². The maximum absolute atomic E-state index is 12.5. The highest BCUT2D eigenvalue weighted by Crippen LogP contribution is 2.16. The fourth-order valence-corrected chi connectivity index (χ4v) is 2.63. The van der Waals surface area contributed by atoms with Gasteiger partial charge >= 0.3 is 5.97 Å². The topological polar surface area (TPSA) is 96.7 Å². The van der Waals surface area contributed by atoms with Crippen molar-refractivity contribution in [1.82, 2.24) is 0 Å². The quantitative estimate of drug-likeness (QED) is 0.441. The standard InChI is InChI=1S/C23H24N2O5/c1-3-21(26)18-7-11-20(12-8-18)29-16-23(28)30-15-22(27)25(14-4-13-24)19-9-5-17(2)6-10-19/h5-12H,3-4,14-16H2,1-2H3. The number of carbonyl (C=O) groups excluding carboxylic acids is 3. The Balaban J connectivity index is 1.87. The summed E-state index contributed by atoms with van der Waals surface area (Å²) in [4.78, 5) is 37.5. The Morgan fingerprint density at radius 2 is 1.67 bits per heavy atom. The number of ether oxygens (including phenoxy) is 2. The molecular weight excluding hydrogens is 384 g/mol. The predicted octanol–water partition coefficient (Wildman–Crippen LogP) is 3.46. The molecule has 0 atom stereocenters. The maximum Gasteiger partial charge on any atom is 0.344 e. The number of hydrogen-bond donors (Lipinski definition) is 0. The number of benzene rings is 2. The molecule has 0 heterocycles. The average molecular weight is 408 g/mol. The lowest BCUT2D eigenvalue weighted by molar-refractivity contribution is -0.149. The summed E-state index contributed by atoms with van der Waals surface area (Å²) in [5, 5.41) is 8.84. The minimum Gasteiger partial charge on any atom is -0.482 e. The number of ketones is 1. The Bertz CT molecular complexity index is 914. The van der Waals surface area contributed by atoms with Crippen LogP contribution in [0.1, 0.15) is 35.7 Å². The SMILES string of the molecule is CCC(=O)c1ccc(OCC(=O)OCC(=O)N(CCC#N)c2ccc(C)cc2)cc1. The lowest BCUT2D eigenvalue weighted by Crippen LogP contribution is -2.36. The van der Waals surface area contributed by atoms with E-state index in [1.807, 2.05) is 25.1 Å². The van der Waals surface area contributed by atoms with Crippen LogP contribution >= 0.6 is 0 Å². The Morgan fingerprint density at radius 3 is 2.27 bits per heavy atom. The highest BCUT2D eigenvalue weighted by Gasteiger charge is 2.18. The molecular formula is C23H24N2O5. The van der Waals surface area contributed by atoms with Gasteiger partial charge in [0, 0.05) is 24.2 Å². The second-order valence-electron chi connectivity index (χ2n) is 6.54. The Labute approximate surface area is 175 Å². The molecule has 2 aromatic carbocycles. The summed E-state index contributed by atoms with van der Waals surface area (Å²) in [6.45, 7) is 3.10. The van der Waals surface area contributed by atoms with Crippen LogP contribution in [-0.2, 0) is 14.3 Å². The molecule has 30 heavy (non-hydrogen) atoms. The van der Waals surface area contributed by atoms with Gasteiger partial charge in [0.05, 0.1) is 12.5 Å². The van der Waals surface area contributed by atoms with Gasteiger partial charge in [0.2, 0.25) is 0 Å². The van der Waals surface area contributed by atoms with E-state index in [4.69, 9.17) is 14.7 Å². The van der Waals surface area contributed by atoms with Crippen molar-refractivity contribution >= 4 is 23.3 Å². The zero-order chi connectivity index (χ0) is 21.9. The van der Waals surface area contributed by atoms with Gasteiger partial charge in [-0.2, -0.15) is 5.26 Å². The van der Waals surface area contributed by atoms with Crippen LogP contribution in [0.4, 0.5) is 5.69 Å². The van der Waals surface area contributed by atoms with Gasteiger partial charge in [-0.3, -0.25) is 9.59 Å². The largest absolute Gasteiger partial charge is 0.482 e. The molecule has 0 bridgehead atoms. The monoisotopic (exact) mass is 408 g/mol. The summed E-state index contributed by atoms with van der Waals surface area (Å²) in [5.41, 5.74) is 2.25. The van der Waals surface area contributed by atoms with Crippen molar-refractivity contribution < 1.29 is 23.9 Å². The van der Waals surface area contributed by atoms with Crippen LogP contribution in [0.15, 0.2) is 48.5 Å². The lowest BCUT2D eigenvalue weighted by atomic mass is 10.1. The van der Waals surface area contributed by atoms with Crippen LogP contribution in [0, 0.1) is 18.3 Å². The molecule has 0 fully saturated rings. The normalized spacial score (nSPS) is 10.0. The van der Waals surface area contributed by atoms with Gasteiger partial charge < -0.3 is 14.4 Å². The zero-order valence-electron chi connectivity index (χ0n) is 17.1. The second kappa shape index (κ2) is 11.4. The van der Waals surface area contributed by atoms with E-state index in [0.717, 1.165) is 5.56 Å². The summed E-state index contributed by atoms with van der Waals surface area (Å²) >= 11 is 0. The summed E-state index contributed by atoms with van der Waals surface area (Å²) in [6, 6.07) is 15.8. The van der Waals surface area contributed by atoms with Crippen molar-refractivity contribution in [3.8, 4) is 11.8 Å². The number of nitrogens with zero attached hydrogens (tertiary/aromatic N) is 2. The fraction of sp³-hybridized carbons (Fsp3) is 0.304. The van der Waals surface area contributed by atoms with Crippen LogP contribution in [0.5, 0.6) is 5.75 Å². The van der Waals surface area contributed by atoms with E-state index < -0.39 is 18.5 Å². The highest BCUT2D eigenvalue weighted by molar-refractivity contribution is 5.96. The van der Waals surface area contributed by atoms with Crippen molar-refractivity contribution in [2.75, 3.05) is 24.7 Å². The number of Topliss-reactive ketones (excluding diaryl/α,β-unsaturated/α-hetero) is 1. The first-order chi connectivity index (χ1) is 14.4. The Kier molecular flexibility index (Phi) is 8.57. The van der Waals surface area contributed by atoms with E-state index in [9.17, 15) is 14.4 Å². The van der Waals surface area contributed by atoms with Crippen LogP contribution in [0.2, 0.25) is 0 Å². The Morgan fingerprint density at radius 1 is 1.00 bits per heavy atom. The van der Waals surface area contributed by atoms with Crippen molar-refractivity contribution in [1.29, 1.82) is 5.26 Å². The van der Waals surface area contributed by atoms with E-state index in [-0.39, 0.29) is 25.4 Å². The van der Waals surface area contributed by atoms with E-state index in [2.05, 4.69) is 0 Å². The van der Waals surface area contributed by atoms with E-state index >= 15 is 0 Å². The van der Waals surface area contributed by atoms with E-state index in [1.165, 1.54) is 4.90 Å². The molecule has 0 N–H and O–H groups in total. The molecule has 2 rings (SSSR count). The van der Waals surface area contributed by atoms with Crippen molar-refractivity contribution in [3.05, 3.63) is 59.7 Å². The summed E-state index contributed by atoms with van der Waals surface area (Å²) < 4.78 is 10.4. The number of rotatable bonds is 10. The molecule has 0 saturated carbocycles. The van der Waals surface area contributed by atoms with Crippen molar-refractivity contribution in [2.45, 2.75) is 26.7 Å². The maximum atomic E-state index is 12.5. The molecule has 0 aromatic heterocycles. The first-order valence-corrected chi connectivity index (χ1v) is 9.60. The van der Waals surface area contributed by atoms with Gasteiger partial charge in [-0.05, 0) is 43.3 Å². The third-order valence-corrected chi connectivity index (χ3v) is 4.30. The molecule has 156 valence electrons. The predicted molar refractivity (Wildman–Crippen MR) is 111 cm³/mol. The number of carbonyl (C=O) groups is 3. The molecule has 0 aliphatic rings. The number of nitriles is 1. The lowest BCUT2D eigenvalue weighted by Gasteiger charge is -2.21. The van der Waals surface area contributed by atoms with Crippen LogP contribution in [0.25, 0.3) is 0 Å². The number of esters is 1. The molecule has 0 saturated heterocycles. The Hall–Kier alpha value is -3.66. The molecule has 0 aliphatic heterocycles.